The standard InChI is InChI=1S/C13H10BrFN2O2/c1-19-9-2-3-10(14)11(7-9)17-13(18)8-4-5-16-12(15)6-8/h2-7H,1H3,(H,17,18). The molecule has 0 aliphatic carbocycles. The second-order valence-electron chi connectivity index (χ2n) is 3.67. The Morgan fingerprint density at radius 2 is 2.16 bits per heavy atom. The molecule has 1 amide bonds. The fourth-order valence-corrected chi connectivity index (χ4v) is 1.81. The number of ether oxygens (including phenoxy) is 1. The molecule has 0 bridgehead atoms. The second kappa shape index (κ2) is 5.79. The van der Waals surface area contributed by atoms with E-state index in [2.05, 4.69) is 26.2 Å². The first-order valence-electron chi connectivity index (χ1n) is 5.36. The van der Waals surface area contributed by atoms with Gasteiger partial charge in [-0.05, 0) is 34.1 Å². The molecule has 19 heavy (non-hydrogen) atoms. The molecule has 1 aromatic heterocycles. The number of hydrogen-bond donors (Lipinski definition) is 1. The maximum Gasteiger partial charge on any atom is 0.255 e. The van der Waals surface area contributed by atoms with E-state index in [9.17, 15) is 9.18 Å². The lowest BCUT2D eigenvalue weighted by molar-refractivity contribution is 0.102. The number of nitrogens with one attached hydrogen (secondary N) is 1. The lowest BCUT2D eigenvalue weighted by Gasteiger charge is -2.09. The summed E-state index contributed by atoms with van der Waals surface area (Å²) in [4.78, 5) is 15.3. The molecule has 2 rings (SSSR count). The molecule has 0 saturated carbocycles. The van der Waals surface area contributed by atoms with Crippen molar-refractivity contribution < 1.29 is 13.9 Å². The third kappa shape index (κ3) is 3.29. The monoisotopic (exact) mass is 324 g/mol. The van der Waals surface area contributed by atoms with Crippen molar-refractivity contribution >= 4 is 27.5 Å². The molecule has 0 saturated heterocycles. The number of pyridine rings is 1. The quantitative estimate of drug-likeness (QED) is 0.882. The summed E-state index contributed by atoms with van der Waals surface area (Å²) in [6.07, 6.45) is 1.24. The number of carbonyl (C=O) groups is 1. The van der Waals surface area contributed by atoms with Gasteiger partial charge in [0.2, 0.25) is 5.95 Å². The summed E-state index contributed by atoms with van der Waals surface area (Å²) in [6, 6.07) is 7.68. The molecule has 4 nitrogen and oxygen atoms in total. The molecule has 0 radical (unpaired) electrons. The zero-order chi connectivity index (χ0) is 13.8. The van der Waals surface area contributed by atoms with Crippen molar-refractivity contribution in [2.24, 2.45) is 0 Å². The second-order valence-corrected chi connectivity index (χ2v) is 4.52. The minimum Gasteiger partial charge on any atom is -0.497 e. The maximum absolute atomic E-state index is 12.9. The molecular formula is C13H10BrFN2O2. The van der Waals surface area contributed by atoms with Crippen LogP contribution in [0.4, 0.5) is 10.1 Å². The average Bonchev–Trinajstić information content (AvgIpc) is 2.41. The smallest absolute Gasteiger partial charge is 0.255 e. The van der Waals surface area contributed by atoms with Crippen LogP contribution in [0, 0.1) is 5.95 Å². The van der Waals surface area contributed by atoms with Crippen molar-refractivity contribution in [2.75, 3.05) is 12.4 Å². The number of carbonyl (C=O) groups excluding carboxylic acids is 1. The first kappa shape index (κ1) is 13.5. The van der Waals surface area contributed by atoms with Gasteiger partial charge < -0.3 is 10.1 Å². The Bertz CT molecular complexity index is 619. The highest BCUT2D eigenvalue weighted by atomic mass is 79.9. The Balaban J connectivity index is 2.23. The van der Waals surface area contributed by atoms with Gasteiger partial charge in [-0.3, -0.25) is 4.79 Å². The van der Waals surface area contributed by atoms with Gasteiger partial charge in [0.25, 0.3) is 5.91 Å². The van der Waals surface area contributed by atoms with Gasteiger partial charge in [-0.1, -0.05) is 0 Å². The number of benzene rings is 1. The average molecular weight is 325 g/mol. The number of hydrogen-bond acceptors (Lipinski definition) is 3. The summed E-state index contributed by atoms with van der Waals surface area (Å²) in [6.45, 7) is 0. The lowest BCUT2D eigenvalue weighted by atomic mass is 10.2. The highest BCUT2D eigenvalue weighted by Gasteiger charge is 2.10. The van der Waals surface area contributed by atoms with Gasteiger partial charge in [-0.2, -0.15) is 4.39 Å². The van der Waals surface area contributed by atoms with E-state index in [-0.39, 0.29) is 5.56 Å². The number of anilines is 1. The number of nitrogens with zero attached hydrogens (tertiary/aromatic N) is 1. The fraction of sp³-hybridized carbons (Fsp3) is 0.0769. The van der Waals surface area contributed by atoms with E-state index in [1.165, 1.54) is 19.4 Å². The maximum atomic E-state index is 12.9. The lowest BCUT2D eigenvalue weighted by Crippen LogP contribution is -2.12. The van der Waals surface area contributed by atoms with E-state index >= 15 is 0 Å². The van der Waals surface area contributed by atoms with Gasteiger partial charge in [0.15, 0.2) is 0 Å². The summed E-state index contributed by atoms with van der Waals surface area (Å²) in [5.74, 6) is -0.507. The van der Waals surface area contributed by atoms with Crippen LogP contribution in [-0.2, 0) is 0 Å². The van der Waals surface area contributed by atoms with Crippen LogP contribution in [0.1, 0.15) is 10.4 Å². The molecule has 0 spiro atoms. The Kier molecular flexibility index (Phi) is 4.11. The number of amides is 1. The SMILES string of the molecule is COc1ccc(Br)c(NC(=O)c2ccnc(F)c2)c1. The first-order chi connectivity index (χ1) is 9.10. The van der Waals surface area contributed by atoms with Gasteiger partial charge >= 0.3 is 0 Å². The van der Waals surface area contributed by atoms with Crippen LogP contribution < -0.4 is 10.1 Å². The van der Waals surface area contributed by atoms with Crippen LogP contribution in [0.2, 0.25) is 0 Å². The van der Waals surface area contributed by atoms with Gasteiger partial charge in [-0.25, -0.2) is 4.98 Å². The van der Waals surface area contributed by atoms with E-state index in [0.717, 1.165) is 6.07 Å². The number of methoxy groups -OCH3 is 1. The van der Waals surface area contributed by atoms with Crippen LogP contribution in [0.25, 0.3) is 0 Å². The highest BCUT2D eigenvalue weighted by Crippen LogP contribution is 2.27. The Hall–Kier alpha value is -1.95. The summed E-state index contributed by atoms with van der Waals surface area (Å²) in [7, 11) is 1.53. The van der Waals surface area contributed by atoms with Crippen LogP contribution in [0.15, 0.2) is 41.0 Å². The normalized spacial score (nSPS) is 10.1. The van der Waals surface area contributed by atoms with Crippen LogP contribution >= 0.6 is 15.9 Å². The van der Waals surface area contributed by atoms with Gasteiger partial charge in [0, 0.05) is 28.4 Å². The van der Waals surface area contributed by atoms with Crippen molar-refractivity contribution in [1.82, 2.24) is 4.98 Å². The molecule has 1 aromatic carbocycles. The molecule has 1 heterocycles. The molecule has 0 fully saturated rings. The van der Waals surface area contributed by atoms with E-state index in [1.54, 1.807) is 18.2 Å². The van der Waals surface area contributed by atoms with Crippen molar-refractivity contribution in [3.8, 4) is 5.75 Å². The van der Waals surface area contributed by atoms with E-state index in [0.29, 0.717) is 15.9 Å². The van der Waals surface area contributed by atoms with Crippen molar-refractivity contribution in [3.63, 3.8) is 0 Å². The van der Waals surface area contributed by atoms with Crippen molar-refractivity contribution in [1.29, 1.82) is 0 Å². The molecule has 0 aliphatic heterocycles. The van der Waals surface area contributed by atoms with Crippen molar-refractivity contribution in [3.05, 3.63) is 52.5 Å². The van der Waals surface area contributed by atoms with Crippen LogP contribution in [0.3, 0.4) is 0 Å². The Morgan fingerprint density at radius 1 is 1.37 bits per heavy atom. The summed E-state index contributed by atoms with van der Waals surface area (Å²) in [5, 5.41) is 2.67. The number of halogens is 2. The van der Waals surface area contributed by atoms with Gasteiger partial charge in [-0.15, -0.1) is 0 Å². The molecular weight excluding hydrogens is 315 g/mol. The van der Waals surface area contributed by atoms with Crippen LogP contribution in [0.5, 0.6) is 5.75 Å². The third-order valence-electron chi connectivity index (χ3n) is 2.41. The summed E-state index contributed by atoms with van der Waals surface area (Å²) in [5.41, 5.74) is 0.740. The predicted octanol–water partition coefficient (Wildman–Crippen LogP) is 3.24. The van der Waals surface area contributed by atoms with Crippen molar-refractivity contribution in [2.45, 2.75) is 0 Å². The van der Waals surface area contributed by atoms with Gasteiger partial charge in [0.05, 0.1) is 12.8 Å². The van der Waals surface area contributed by atoms with E-state index < -0.39 is 11.9 Å². The largest absolute Gasteiger partial charge is 0.497 e. The fourth-order valence-electron chi connectivity index (χ4n) is 1.47. The molecule has 0 aliphatic rings. The Morgan fingerprint density at radius 3 is 2.84 bits per heavy atom. The van der Waals surface area contributed by atoms with E-state index in [4.69, 9.17) is 4.74 Å². The van der Waals surface area contributed by atoms with Gasteiger partial charge in [0.1, 0.15) is 5.75 Å². The topological polar surface area (TPSA) is 51.2 Å². The minimum absolute atomic E-state index is 0.196. The predicted molar refractivity (Wildman–Crippen MR) is 72.8 cm³/mol. The van der Waals surface area contributed by atoms with Crippen LogP contribution in [-0.4, -0.2) is 18.0 Å². The molecule has 98 valence electrons. The number of aromatic nitrogens is 1. The summed E-state index contributed by atoms with van der Waals surface area (Å²) < 4.78 is 18.7. The molecule has 1 N–H and O–H groups in total. The molecule has 6 heteroatoms. The zero-order valence-electron chi connectivity index (χ0n) is 9.98. The Labute approximate surface area is 117 Å². The third-order valence-corrected chi connectivity index (χ3v) is 3.10. The molecule has 0 atom stereocenters. The first-order valence-corrected chi connectivity index (χ1v) is 6.16. The molecule has 2 aromatic rings. The summed E-state index contributed by atoms with van der Waals surface area (Å²) >= 11 is 3.32. The number of rotatable bonds is 3. The molecule has 0 unspecified atom stereocenters. The minimum atomic E-state index is -0.697. The van der Waals surface area contributed by atoms with E-state index in [1.807, 2.05) is 0 Å². The highest BCUT2D eigenvalue weighted by molar-refractivity contribution is 9.10. The zero-order valence-corrected chi connectivity index (χ0v) is 11.6.